The molecule has 4 aliphatic rings. The van der Waals surface area contributed by atoms with E-state index in [1.54, 1.807) is 78.6 Å². The fraction of sp³-hybridized carbons (Fsp3) is 0.509. The lowest BCUT2D eigenvalue weighted by atomic mass is 9.83. The zero-order valence-corrected chi connectivity index (χ0v) is 46.2. The van der Waals surface area contributed by atoms with Crippen LogP contribution in [0.3, 0.4) is 0 Å². The van der Waals surface area contributed by atoms with Gasteiger partial charge in [0.05, 0.1) is 55.8 Å². The number of rotatable bonds is 20. The normalized spacial score (nSPS) is 24.5. The van der Waals surface area contributed by atoms with Crippen LogP contribution in [0.2, 0.25) is 0 Å². The first kappa shape index (κ1) is 56.7. The van der Waals surface area contributed by atoms with Crippen molar-refractivity contribution in [1.82, 2.24) is 41.7 Å². The molecule has 0 aromatic heterocycles. The van der Waals surface area contributed by atoms with Crippen LogP contribution in [0.4, 0.5) is 0 Å². The molecule has 4 fully saturated rings. The molecular weight excluding hydrogens is 1000 g/mol. The van der Waals surface area contributed by atoms with Crippen LogP contribution in [0.25, 0.3) is 10.8 Å². The van der Waals surface area contributed by atoms with Crippen LogP contribution in [0.15, 0.2) is 97.1 Å². The predicted molar refractivity (Wildman–Crippen MR) is 295 cm³/mol. The molecule has 4 saturated heterocycles. The number of thioether (sulfide) groups is 2. The van der Waals surface area contributed by atoms with Crippen molar-refractivity contribution < 1.29 is 43.3 Å². The van der Waals surface area contributed by atoms with Gasteiger partial charge in [0, 0.05) is 5.56 Å². The second kappa shape index (κ2) is 24.4. The quantitative estimate of drug-likeness (QED) is 0.0600. The lowest BCUT2D eigenvalue weighted by Crippen LogP contribution is -2.61. The summed E-state index contributed by atoms with van der Waals surface area (Å²) in [4.78, 5) is 86.1. The predicted octanol–water partition coefficient (Wildman–Crippen LogP) is 4.67. The van der Waals surface area contributed by atoms with Crippen LogP contribution in [-0.2, 0) is 57.2 Å². The summed E-state index contributed by atoms with van der Waals surface area (Å²) in [5.74, 6) is -0.582. The van der Waals surface area contributed by atoms with Gasteiger partial charge in [0.25, 0.3) is 0 Å². The first-order valence-corrected chi connectivity index (χ1v) is 28.3. The Kier molecular flexibility index (Phi) is 18.2. The van der Waals surface area contributed by atoms with E-state index in [2.05, 4.69) is 38.0 Å². The van der Waals surface area contributed by atoms with Crippen LogP contribution in [0, 0.1) is 10.8 Å². The molecule has 7 N–H and O–H groups in total. The van der Waals surface area contributed by atoms with E-state index in [9.17, 15) is 33.9 Å². The zero-order valence-electron chi connectivity index (χ0n) is 44.6. The summed E-state index contributed by atoms with van der Waals surface area (Å²) < 4.78 is 12.6. The summed E-state index contributed by atoms with van der Waals surface area (Å²) in [6.07, 6.45) is 2.13. The smallest absolute Gasteiger partial charge is 0.246 e. The average molecular weight is 1080 g/mol. The van der Waals surface area contributed by atoms with E-state index in [0.29, 0.717) is 42.8 Å². The van der Waals surface area contributed by atoms with Gasteiger partial charge in [0.2, 0.25) is 35.4 Å². The molecule has 4 aromatic rings. The Labute approximate surface area is 454 Å². The number of hydrogen-bond acceptors (Lipinski definition) is 13. The van der Waals surface area contributed by atoms with Gasteiger partial charge < -0.3 is 56.3 Å². The monoisotopic (exact) mass is 1080 g/mol. The number of carbonyl (C=O) groups is 6. The van der Waals surface area contributed by atoms with Crippen LogP contribution in [0.5, 0.6) is 0 Å². The molecule has 0 bridgehead atoms. The minimum atomic E-state index is -1.95. The first-order valence-electron chi connectivity index (χ1n) is 26.2. The SMILES string of the molecule is CNCC(=O)N[C@H]1CCS[C@H]2CC(C)(C)[C@@H](C(=O)N[C@H](COCc3ccc4cc(COCC(O)(NC(=O)[C@H]5N6C(=O)[C@@H](NC(=O)[C@H](C)NC)CCS[C@H]6CC5(C)C)c5ccccc5)ccc4c3)c3ccccc3)N2C1=O. The van der Waals surface area contributed by atoms with Crippen molar-refractivity contribution in [1.29, 1.82) is 0 Å². The number of amides is 6. The minimum Gasteiger partial charge on any atom is -0.374 e. The van der Waals surface area contributed by atoms with Crippen LogP contribution >= 0.6 is 23.5 Å². The van der Waals surface area contributed by atoms with Gasteiger partial charge in [-0.05, 0) is 109 Å². The van der Waals surface area contributed by atoms with E-state index in [4.69, 9.17) is 9.47 Å². The Morgan fingerprint density at radius 1 is 0.724 bits per heavy atom. The molecule has 19 heteroatoms. The third-order valence-electron chi connectivity index (χ3n) is 15.1. The largest absolute Gasteiger partial charge is 0.374 e. The number of ether oxygens (including phenoxy) is 2. The van der Waals surface area contributed by atoms with E-state index in [1.165, 1.54) is 0 Å². The summed E-state index contributed by atoms with van der Waals surface area (Å²) >= 11 is 3.26. The number of carbonyl (C=O) groups excluding carboxylic acids is 6. The number of likely N-dealkylation sites (N-methyl/N-ethyl adjacent to an activating group) is 2. The molecule has 6 amide bonds. The van der Waals surface area contributed by atoms with Gasteiger partial charge in [-0.1, -0.05) is 113 Å². The Morgan fingerprint density at radius 3 is 1.80 bits per heavy atom. The highest BCUT2D eigenvalue weighted by atomic mass is 32.2. The number of nitrogens with one attached hydrogen (secondary N) is 6. The van der Waals surface area contributed by atoms with Crippen LogP contribution in [-0.4, -0.2) is 137 Å². The first-order chi connectivity index (χ1) is 36.3. The van der Waals surface area contributed by atoms with Crippen molar-refractivity contribution in [2.75, 3.05) is 45.4 Å². The van der Waals surface area contributed by atoms with Crippen molar-refractivity contribution in [3.63, 3.8) is 0 Å². The van der Waals surface area contributed by atoms with Crippen LogP contribution < -0.4 is 31.9 Å². The van der Waals surface area contributed by atoms with Gasteiger partial charge in [-0.15, -0.1) is 23.5 Å². The number of nitrogens with zero attached hydrogens (tertiary/aromatic N) is 2. The van der Waals surface area contributed by atoms with E-state index in [1.807, 2.05) is 94.4 Å². The second-order valence-electron chi connectivity index (χ2n) is 21.8. The molecule has 17 nitrogen and oxygen atoms in total. The highest BCUT2D eigenvalue weighted by Crippen LogP contribution is 2.48. The van der Waals surface area contributed by atoms with Crippen molar-refractivity contribution in [2.24, 2.45) is 10.8 Å². The molecule has 76 heavy (non-hydrogen) atoms. The molecule has 0 spiro atoms. The lowest BCUT2D eigenvalue weighted by molar-refractivity contribution is -0.150. The zero-order chi connectivity index (χ0) is 54.4. The Bertz CT molecular complexity index is 2730. The molecule has 0 saturated carbocycles. The molecule has 0 radical (unpaired) electrons. The van der Waals surface area contributed by atoms with E-state index >= 15 is 0 Å². The number of benzene rings is 4. The maximum Gasteiger partial charge on any atom is 0.246 e. The molecule has 408 valence electrons. The third kappa shape index (κ3) is 12.9. The minimum absolute atomic E-state index is 0.0911. The summed E-state index contributed by atoms with van der Waals surface area (Å²) in [6.45, 7) is 10.0. The van der Waals surface area contributed by atoms with Gasteiger partial charge >= 0.3 is 0 Å². The fourth-order valence-corrected chi connectivity index (χ4v) is 14.2. The van der Waals surface area contributed by atoms with Crippen LogP contribution in [0.1, 0.15) is 88.6 Å². The summed E-state index contributed by atoms with van der Waals surface area (Å²) in [6, 6.07) is 26.3. The molecule has 4 aliphatic heterocycles. The highest BCUT2D eigenvalue weighted by molar-refractivity contribution is 8.00. The van der Waals surface area contributed by atoms with Gasteiger partial charge in [-0.25, -0.2) is 0 Å². The topological polar surface area (TPSA) is 220 Å². The van der Waals surface area contributed by atoms with Gasteiger partial charge in [0.1, 0.15) is 24.2 Å². The second-order valence-corrected chi connectivity index (χ2v) is 24.4. The van der Waals surface area contributed by atoms with E-state index < -0.39 is 58.7 Å². The molecule has 0 aliphatic carbocycles. The number of aliphatic hydroxyl groups is 1. The molecular formula is C57H74N8O9S2. The molecule has 1 unspecified atom stereocenters. The van der Waals surface area contributed by atoms with E-state index in [-0.39, 0.29) is 73.3 Å². The van der Waals surface area contributed by atoms with E-state index in [0.717, 1.165) is 27.5 Å². The Balaban J connectivity index is 0.905. The van der Waals surface area contributed by atoms with Crippen molar-refractivity contribution >= 4 is 69.7 Å². The van der Waals surface area contributed by atoms with Crippen molar-refractivity contribution in [3.8, 4) is 0 Å². The van der Waals surface area contributed by atoms with Gasteiger partial charge in [-0.2, -0.15) is 0 Å². The number of fused-ring (bicyclic) bond motifs is 3. The summed E-state index contributed by atoms with van der Waals surface area (Å²) in [5, 5.41) is 31.5. The van der Waals surface area contributed by atoms with Crippen molar-refractivity contribution in [2.45, 2.75) is 126 Å². The molecule has 9 atom stereocenters. The molecule has 4 heterocycles. The highest BCUT2D eigenvalue weighted by Gasteiger charge is 2.56. The Hall–Kier alpha value is -5.54. The summed E-state index contributed by atoms with van der Waals surface area (Å²) in [7, 11) is 3.36. The van der Waals surface area contributed by atoms with Gasteiger partial charge in [-0.3, -0.25) is 28.8 Å². The lowest BCUT2D eigenvalue weighted by Gasteiger charge is -2.37. The molecule has 8 rings (SSSR count). The third-order valence-corrected chi connectivity index (χ3v) is 17.6. The standard InChI is InChI=1S/C57H74N8O9S2/c1-35(59-7)50(67)61-43-23-25-76-47-29-56(4,5)49(65(47)54(43)71)52(69)63-57(72,41-16-12-9-13-17-41)34-74-32-37-19-21-39-26-36(18-20-40(39)27-37)31-73-33-44(38-14-10-8-11-15-38)62-51(68)48-55(2,3)28-46-64(48)53(70)42(22-24-75-46)60-45(66)30-58-6/h8-21,26-27,35,42-44,46-49,58-59,72H,22-25,28-34H2,1-7H3,(H,60,66)(H,61,67)(H,62,68)(H,63,69)/t35-,42-,43-,44+,46-,47-,48+,49+,57?/m0/s1. The number of hydrogen-bond donors (Lipinski definition) is 7. The molecule has 4 aromatic carbocycles. The van der Waals surface area contributed by atoms with Gasteiger partial charge in [0.15, 0.2) is 5.72 Å². The average Bonchev–Trinajstić information content (AvgIpc) is 3.73. The maximum atomic E-state index is 14.6. The summed E-state index contributed by atoms with van der Waals surface area (Å²) in [5.41, 5.74) is -0.0573. The maximum absolute atomic E-state index is 14.6. The Morgan fingerprint density at radius 2 is 1.25 bits per heavy atom. The fourth-order valence-electron chi connectivity index (χ4n) is 11.0. The van der Waals surface area contributed by atoms with Crippen molar-refractivity contribution in [3.05, 3.63) is 119 Å².